The van der Waals surface area contributed by atoms with Crippen molar-refractivity contribution in [2.45, 2.75) is 65.7 Å². The minimum atomic E-state index is 0.605. The van der Waals surface area contributed by atoms with Gasteiger partial charge in [0.1, 0.15) is 0 Å². The molecule has 2 aliphatic rings. The maximum absolute atomic E-state index is 2.51. The molecule has 2 rings (SSSR count). The Morgan fingerprint density at radius 2 is 2.14 bits per heavy atom. The fourth-order valence-electron chi connectivity index (χ4n) is 3.52. The third-order valence-corrected chi connectivity index (χ3v) is 4.70. The normalized spacial score (nSPS) is 38.4. The molecule has 0 aromatic rings. The summed E-state index contributed by atoms with van der Waals surface area (Å²) in [6.45, 7) is 7.24. The van der Waals surface area contributed by atoms with Crippen LogP contribution in [0.25, 0.3) is 0 Å². The van der Waals surface area contributed by atoms with E-state index in [0.717, 1.165) is 5.92 Å². The molecular formula is C14H24. The number of allylic oxidation sites excluding steroid dienone is 2. The second kappa shape index (κ2) is 3.72. The van der Waals surface area contributed by atoms with E-state index in [9.17, 15) is 0 Å². The minimum absolute atomic E-state index is 0.605. The van der Waals surface area contributed by atoms with E-state index in [0.29, 0.717) is 5.41 Å². The number of rotatable bonds is 1. The topological polar surface area (TPSA) is 0 Å². The van der Waals surface area contributed by atoms with Gasteiger partial charge in [-0.2, -0.15) is 0 Å². The molecule has 80 valence electrons. The van der Waals surface area contributed by atoms with Gasteiger partial charge in [-0.15, -0.1) is 0 Å². The molecule has 0 aromatic carbocycles. The van der Waals surface area contributed by atoms with E-state index in [1.165, 1.54) is 44.9 Å². The second-order valence-corrected chi connectivity index (χ2v) is 5.69. The van der Waals surface area contributed by atoms with Crippen LogP contribution in [0.1, 0.15) is 65.7 Å². The van der Waals surface area contributed by atoms with Gasteiger partial charge in [0.2, 0.25) is 0 Å². The van der Waals surface area contributed by atoms with Gasteiger partial charge >= 0.3 is 0 Å². The molecule has 0 saturated heterocycles. The summed E-state index contributed by atoms with van der Waals surface area (Å²) in [6, 6.07) is 0. The van der Waals surface area contributed by atoms with E-state index in [-0.39, 0.29) is 0 Å². The maximum Gasteiger partial charge on any atom is -0.0113 e. The van der Waals surface area contributed by atoms with Crippen LogP contribution in [-0.2, 0) is 0 Å². The van der Waals surface area contributed by atoms with Gasteiger partial charge in [-0.05, 0) is 56.8 Å². The zero-order chi connectivity index (χ0) is 10.2. The molecule has 0 amide bonds. The first-order valence-corrected chi connectivity index (χ1v) is 6.35. The van der Waals surface area contributed by atoms with E-state index in [2.05, 4.69) is 20.8 Å². The van der Waals surface area contributed by atoms with E-state index in [4.69, 9.17) is 0 Å². The largest absolute Gasteiger partial charge is 0.0736 e. The Balaban J connectivity index is 2.23. The summed E-state index contributed by atoms with van der Waals surface area (Å²) >= 11 is 0. The minimum Gasteiger partial charge on any atom is -0.0736 e. The number of hydrogen-bond donors (Lipinski definition) is 0. The van der Waals surface area contributed by atoms with Crippen LogP contribution in [0.2, 0.25) is 0 Å². The lowest BCUT2D eigenvalue weighted by molar-refractivity contribution is 0.212. The molecule has 1 saturated carbocycles. The highest BCUT2D eigenvalue weighted by molar-refractivity contribution is 5.25. The monoisotopic (exact) mass is 192 g/mol. The molecule has 0 radical (unpaired) electrons. The molecular weight excluding hydrogens is 168 g/mol. The van der Waals surface area contributed by atoms with Gasteiger partial charge in [-0.3, -0.25) is 0 Å². The predicted molar refractivity (Wildman–Crippen MR) is 62.3 cm³/mol. The van der Waals surface area contributed by atoms with Crippen LogP contribution in [0.5, 0.6) is 0 Å². The Kier molecular flexibility index (Phi) is 2.72. The zero-order valence-electron chi connectivity index (χ0n) is 10.0. The SMILES string of the molecule is CC[C@@H]1CC[C@]2(C)CCCC(C)=C2C1. The average Bonchev–Trinajstić information content (AvgIpc) is 2.17. The van der Waals surface area contributed by atoms with Crippen molar-refractivity contribution >= 4 is 0 Å². The van der Waals surface area contributed by atoms with Crippen LogP contribution in [0, 0.1) is 11.3 Å². The molecule has 0 nitrogen and oxygen atoms in total. The summed E-state index contributed by atoms with van der Waals surface area (Å²) in [5.41, 5.74) is 4.19. The van der Waals surface area contributed by atoms with E-state index >= 15 is 0 Å². The Morgan fingerprint density at radius 3 is 2.86 bits per heavy atom. The van der Waals surface area contributed by atoms with Crippen molar-refractivity contribution in [1.29, 1.82) is 0 Å². The quantitative estimate of drug-likeness (QED) is 0.528. The third-order valence-electron chi connectivity index (χ3n) is 4.70. The molecule has 0 unspecified atom stereocenters. The van der Waals surface area contributed by atoms with Crippen molar-refractivity contribution < 1.29 is 0 Å². The van der Waals surface area contributed by atoms with Crippen molar-refractivity contribution in [3.8, 4) is 0 Å². The second-order valence-electron chi connectivity index (χ2n) is 5.69. The molecule has 0 heterocycles. The molecule has 1 fully saturated rings. The summed E-state index contributed by atoms with van der Waals surface area (Å²) < 4.78 is 0. The Hall–Kier alpha value is -0.260. The molecule has 14 heavy (non-hydrogen) atoms. The van der Waals surface area contributed by atoms with Crippen LogP contribution in [0.15, 0.2) is 11.1 Å². The summed E-state index contributed by atoms with van der Waals surface area (Å²) in [5.74, 6) is 0.992. The number of fused-ring (bicyclic) bond motifs is 1. The molecule has 2 aliphatic carbocycles. The van der Waals surface area contributed by atoms with Gasteiger partial charge in [-0.25, -0.2) is 0 Å². The fourth-order valence-corrected chi connectivity index (χ4v) is 3.52. The lowest BCUT2D eigenvalue weighted by Crippen LogP contribution is -2.30. The van der Waals surface area contributed by atoms with E-state index < -0.39 is 0 Å². The Bertz CT molecular complexity index is 249. The molecule has 0 aliphatic heterocycles. The Morgan fingerprint density at radius 1 is 1.36 bits per heavy atom. The van der Waals surface area contributed by atoms with Crippen LogP contribution in [0.4, 0.5) is 0 Å². The van der Waals surface area contributed by atoms with Crippen molar-refractivity contribution in [3.63, 3.8) is 0 Å². The van der Waals surface area contributed by atoms with Gasteiger partial charge < -0.3 is 0 Å². The fraction of sp³-hybridized carbons (Fsp3) is 0.857. The zero-order valence-corrected chi connectivity index (χ0v) is 10.0. The first-order chi connectivity index (χ1) is 6.65. The smallest absolute Gasteiger partial charge is 0.0113 e. The molecule has 0 heteroatoms. The van der Waals surface area contributed by atoms with Crippen molar-refractivity contribution in [3.05, 3.63) is 11.1 Å². The van der Waals surface area contributed by atoms with Gasteiger partial charge in [-0.1, -0.05) is 31.4 Å². The van der Waals surface area contributed by atoms with Gasteiger partial charge in [0.05, 0.1) is 0 Å². The van der Waals surface area contributed by atoms with Gasteiger partial charge in [0.25, 0.3) is 0 Å². The molecule has 0 spiro atoms. The summed E-state index contributed by atoms with van der Waals surface area (Å²) in [5, 5.41) is 0. The van der Waals surface area contributed by atoms with Crippen LogP contribution >= 0.6 is 0 Å². The number of hydrogen-bond acceptors (Lipinski definition) is 0. The first-order valence-electron chi connectivity index (χ1n) is 6.35. The lowest BCUT2D eigenvalue weighted by atomic mass is 9.61. The molecule has 0 N–H and O–H groups in total. The molecule has 0 bridgehead atoms. The van der Waals surface area contributed by atoms with E-state index in [1.54, 1.807) is 5.57 Å². The van der Waals surface area contributed by atoms with Crippen molar-refractivity contribution in [2.24, 2.45) is 11.3 Å². The van der Waals surface area contributed by atoms with Crippen molar-refractivity contribution in [1.82, 2.24) is 0 Å². The van der Waals surface area contributed by atoms with Crippen molar-refractivity contribution in [2.75, 3.05) is 0 Å². The third kappa shape index (κ3) is 1.64. The average molecular weight is 192 g/mol. The van der Waals surface area contributed by atoms with Crippen LogP contribution in [0.3, 0.4) is 0 Å². The lowest BCUT2D eigenvalue weighted by Gasteiger charge is -2.44. The van der Waals surface area contributed by atoms with E-state index in [1.807, 2.05) is 5.57 Å². The highest BCUT2D eigenvalue weighted by Gasteiger charge is 2.37. The van der Waals surface area contributed by atoms with Gasteiger partial charge in [0, 0.05) is 0 Å². The van der Waals surface area contributed by atoms with Crippen LogP contribution < -0.4 is 0 Å². The first kappa shape index (κ1) is 10.3. The highest BCUT2D eigenvalue weighted by Crippen LogP contribution is 2.51. The maximum atomic E-state index is 2.51. The summed E-state index contributed by atoms with van der Waals surface area (Å²) in [4.78, 5) is 0. The standard InChI is InChI=1S/C14H24/c1-4-12-7-9-14(3)8-5-6-11(2)13(14)10-12/h12H,4-10H2,1-3H3/t12-,14+/m1/s1. The summed E-state index contributed by atoms with van der Waals surface area (Å²) in [6.07, 6.45) is 9.99. The molecule has 0 aromatic heterocycles. The summed E-state index contributed by atoms with van der Waals surface area (Å²) in [7, 11) is 0. The molecule has 2 atom stereocenters. The van der Waals surface area contributed by atoms with Gasteiger partial charge in [0.15, 0.2) is 0 Å². The Labute approximate surface area is 88.8 Å². The highest BCUT2D eigenvalue weighted by atomic mass is 14.4. The van der Waals surface area contributed by atoms with Crippen LogP contribution in [-0.4, -0.2) is 0 Å². The predicted octanol–water partition coefficient (Wildman–Crippen LogP) is 4.70.